The number of fused-ring (bicyclic) bond motifs is 1. The number of halogens is 1. The van der Waals surface area contributed by atoms with Crippen LogP contribution in [0.4, 0.5) is 0 Å². The molecule has 0 aliphatic carbocycles. The average molecular weight is 308 g/mol. The third kappa shape index (κ3) is 3.24. The van der Waals surface area contributed by atoms with Crippen molar-refractivity contribution in [1.82, 2.24) is 14.9 Å². The number of amides is 1. The van der Waals surface area contributed by atoms with Crippen LogP contribution in [0.3, 0.4) is 0 Å². The zero-order chi connectivity index (χ0) is 15.6. The number of hydrogen-bond donors (Lipinski definition) is 1. The highest BCUT2D eigenvalue weighted by molar-refractivity contribution is 6.31. The summed E-state index contributed by atoms with van der Waals surface area (Å²) in [7, 11) is 1.65. The Balaban J connectivity index is 2.46. The van der Waals surface area contributed by atoms with Gasteiger partial charge in [0.25, 0.3) is 5.56 Å². The van der Waals surface area contributed by atoms with Gasteiger partial charge in [-0.2, -0.15) is 0 Å². The average Bonchev–Trinajstić information content (AvgIpc) is 2.42. The van der Waals surface area contributed by atoms with E-state index >= 15 is 0 Å². The smallest absolute Gasteiger partial charge is 0.261 e. The molecule has 6 heteroatoms. The lowest BCUT2D eigenvalue weighted by molar-refractivity contribution is -0.121. The van der Waals surface area contributed by atoms with E-state index in [2.05, 4.69) is 10.3 Å². The highest BCUT2D eigenvalue weighted by Crippen LogP contribution is 2.17. The number of benzene rings is 1. The molecule has 0 saturated carbocycles. The van der Waals surface area contributed by atoms with Gasteiger partial charge in [-0.05, 0) is 31.5 Å². The zero-order valence-corrected chi connectivity index (χ0v) is 13.1. The number of aromatic nitrogens is 2. The highest BCUT2D eigenvalue weighted by Gasteiger charge is 2.16. The van der Waals surface area contributed by atoms with Gasteiger partial charge in [-0.3, -0.25) is 14.2 Å². The first kappa shape index (κ1) is 15.5. The molecule has 5 nitrogen and oxygen atoms in total. The van der Waals surface area contributed by atoms with E-state index in [4.69, 9.17) is 11.6 Å². The van der Waals surface area contributed by atoms with Crippen molar-refractivity contribution >= 4 is 28.4 Å². The minimum absolute atomic E-state index is 0.0505. The molecule has 2 rings (SSSR count). The van der Waals surface area contributed by atoms with Gasteiger partial charge in [0.1, 0.15) is 5.82 Å². The molecule has 112 valence electrons. The summed E-state index contributed by atoms with van der Waals surface area (Å²) in [6.45, 7) is 3.75. The second-order valence-corrected chi connectivity index (χ2v) is 5.47. The predicted molar refractivity (Wildman–Crippen MR) is 83.5 cm³/mol. The fourth-order valence-electron chi connectivity index (χ4n) is 2.25. The summed E-state index contributed by atoms with van der Waals surface area (Å²) >= 11 is 5.95. The lowest BCUT2D eigenvalue weighted by Crippen LogP contribution is -2.32. The molecule has 1 aromatic carbocycles. The molecule has 0 bridgehead atoms. The predicted octanol–water partition coefficient (Wildman–Crippen LogP) is 2.56. The van der Waals surface area contributed by atoms with Crippen LogP contribution in [0.1, 0.15) is 38.6 Å². The third-order valence-corrected chi connectivity index (χ3v) is 3.55. The number of hydrogen-bond acceptors (Lipinski definition) is 3. The van der Waals surface area contributed by atoms with Gasteiger partial charge >= 0.3 is 0 Å². The van der Waals surface area contributed by atoms with Gasteiger partial charge in [-0.1, -0.05) is 18.5 Å². The largest absolute Gasteiger partial charge is 0.346 e. The number of nitrogens with zero attached hydrogens (tertiary/aromatic N) is 2. The Morgan fingerprint density at radius 3 is 2.86 bits per heavy atom. The number of nitrogens with one attached hydrogen (secondary N) is 1. The first-order valence-electron chi connectivity index (χ1n) is 6.89. The second kappa shape index (κ2) is 6.26. The molecular weight excluding hydrogens is 290 g/mol. The summed E-state index contributed by atoms with van der Waals surface area (Å²) < 4.78 is 1.47. The van der Waals surface area contributed by atoms with Crippen LogP contribution < -0.4 is 10.9 Å². The first-order valence-corrected chi connectivity index (χ1v) is 7.27. The van der Waals surface area contributed by atoms with Crippen molar-refractivity contribution in [3.8, 4) is 0 Å². The molecule has 1 heterocycles. The van der Waals surface area contributed by atoms with Crippen molar-refractivity contribution < 1.29 is 4.79 Å². The van der Waals surface area contributed by atoms with E-state index in [9.17, 15) is 9.59 Å². The third-order valence-electron chi connectivity index (χ3n) is 3.32. The Labute approximate surface area is 127 Å². The summed E-state index contributed by atoms with van der Waals surface area (Å²) in [4.78, 5) is 28.5. The topological polar surface area (TPSA) is 64.0 Å². The van der Waals surface area contributed by atoms with E-state index in [1.807, 2.05) is 13.8 Å². The highest BCUT2D eigenvalue weighted by atomic mass is 35.5. The Hall–Kier alpha value is -1.88. The van der Waals surface area contributed by atoms with Crippen LogP contribution in [0.5, 0.6) is 0 Å². The van der Waals surface area contributed by atoms with Crippen LogP contribution in [0.2, 0.25) is 5.02 Å². The fourth-order valence-corrected chi connectivity index (χ4v) is 2.42. The van der Waals surface area contributed by atoms with E-state index in [1.165, 1.54) is 4.57 Å². The van der Waals surface area contributed by atoms with Crippen LogP contribution in [-0.2, 0) is 11.8 Å². The van der Waals surface area contributed by atoms with Gasteiger partial charge < -0.3 is 5.32 Å². The summed E-state index contributed by atoms with van der Waals surface area (Å²) in [6.07, 6.45) is 1.23. The van der Waals surface area contributed by atoms with Crippen LogP contribution in [0.25, 0.3) is 10.9 Å². The minimum atomic E-state index is -0.342. The van der Waals surface area contributed by atoms with E-state index in [0.717, 1.165) is 6.42 Å². The van der Waals surface area contributed by atoms with Crippen molar-refractivity contribution in [3.05, 3.63) is 39.4 Å². The maximum atomic E-state index is 12.3. The molecule has 2 aromatic rings. The van der Waals surface area contributed by atoms with Gasteiger partial charge in [0.05, 0.1) is 16.9 Å². The molecule has 0 spiro atoms. The summed E-state index contributed by atoms with van der Waals surface area (Å²) in [6, 6.07) is 4.64. The van der Waals surface area contributed by atoms with Crippen molar-refractivity contribution in [2.75, 3.05) is 0 Å². The van der Waals surface area contributed by atoms with Crippen molar-refractivity contribution in [2.45, 2.75) is 32.7 Å². The number of carbonyl (C=O) groups excluding carboxylic acids is 1. The standard InChI is InChI=1S/C15H18ClN3O2/c1-4-5-13(20)17-9(2)14-18-12-8-10(16)6-7-11(12)15(21)19(14)3/h6-9H,4-5H2,1-3H3,(H,17,20). The van der Waals surface area contributed by atoms with Crippen LogP contribution >= 0.6 is 11.6 Å². The SMILES string of the molecule is CCCC(=O)NC(C)c1nc2cc(Cl)ccc2c(=O)n1C. The number of carbonyl (C=O) groups is 1. The van der Waals surface area contributed by atoms with Gasteiger partial charge in [0, 0.05) is 18.5 Å². The second-order valence-electron chi connectivity index (χ2n) is 5.03. The number of rotatable bonds is 4. The normalized spacial score (nSPS) is 12.4. The molecule has 1 N–H and O–H groups in total. The summed E-state index contributed by atoms with van der Waals surface area (Å²) in [5, 5.41) is 3.89. The Bertz CT molecular complexity index is 740. The maximum Gasteiger partial charge on any atom is 0.261 e. The Morgan fingerprint density at radius 1 is 1.48 bits per heavy atom. The molecule has 21 heavy (non-hydrogen) atoms. The molecule has 0 aliphatic rings. The quantitative estimate of drug-likeness (QED) is 0.944. The van der Waals surface area contributed by atoms with Gasteiger partial charge in [-0.25, -0.2) is 4.98 Å². The van der Waals surface area contributed by atoms with Crippen molar-refractivity contribution in [3.63, 3.8) is 0 Å². The van der Waals surface area contributed by atoms with Crippen LogP contribution in [0.15, 0.2) is 23.0 Å². The van der Waals surface area contributed by atoms with Gasteiger partial charge in [0.2, 0.25) is 5.91 Å². The lowest BCUT2D eigenvalue weighted by Gasteiger charge is -2.17. The van der Waals surface area contributed by atoms with E-state index in [1.54, 1.807) is 25.2 Å². The molecule has 1 unspecified atom stereocenters. The Morgan fingerprint density at radius 2 is 2.19 bits per heavy atom. The first-order chi connectivity index (χ1) is 9.93. The molecule has 1 amide bonds. The maximum absolute atomic E-state index is 12.3. The lowest BCUT2D eigenvalue weighted by atomic mass is 10.2. The summed E-state index contributed by atoms with van der Waals surface area (Å²) in [5.41, 5.74) is 0.389. The fraction of sp³-hybridized carbons (Fsp3) is 0.400. The van der Waals surface area contributed by atoms with E-state index in [-0.39, 0.29) is 17.5 Å². The van der Waals surface area contributed by atoms with Crippen molar-refractivity contribution in [2.24, 2.45) is 7.05 Å². The Kier molecular flexibility index (Phi) is 4.63. The van der Waals surface area contributed by atoms with E-state index < -0.39 is 0 Å². The molecule has 1 atom stereocenters. The molecular formula is C15H18ClN3O2. The minimum Gasteiger partial charge on any atom is -0.346 e. The molecule has 0 radical (unpaired) electrons. The monoisotopic (exact) mass is 307 g/mol. The zero-order valence-electron chi connectivity index (χ0n) is 12.3. The molecule has 0 saturated heterocycles. The van der Waals surface area contributed by atoms with Gasteiger partial charge in [0.15, 0.2) is 0 Å². The van der Waals surface area contributed by atoms with Crippen LogP contribution in [-0.4, -0.2) is 15.5 Å². The summed E-state index contributed by atoms with van der Waals surface area (Å²) in [5.74, 6) is 0.463. The van der Waals surface area contributed by atoms with Crippen molar-refractivity contribution in [1.29, 1.82) is 0 Å². The molecule has 0 fully saturated rings. The van der Waals surface area contributed by atoms with Crippen LogP contribution in [0, 0.1) is 0 Å². The van der Waals surface area contributed by atoms with E-state index in [0.29, 0.717) is 28.2 Å². The molecule has 0 aliphatic heterocycles. The molecule has 1 aromatic heterocycles. The van der Waals surface area contributed by atoms with Gasteiger partial charge in [-0.15, -0.1) is 0 Å².